The first-order valence-corrected chi connectivity index (χ1v) is 4.90. The molecule has 0 saturated carbocycles. The quantitative estimate of drug-likeness (QED) is 0.802. The predicted octanol–water partition coefficient (Wildman–Crippen LogP) is 2.69. The van der Waals surface area contributed by atoms with Crippen molar-refractivity contribution in [1.29, 1.82) is 0 Å². The normalized spacial score (nSPS) is 10.3. The monoisotopic (exact) mass is 219 g/mol. The Labute approximate surface area is 92.9 Å². The van der Waals surface area contributed by atoms with Crippen molar-refractivity contribution >= 4 is 17.4 Å². The van der Waals surface area contributed by atoms with Crippen molar-refractivity contribution in [2.24, 2.45) is 0 Å². The second kappa shape index (κ2) is 3.87. The van der Waals surface area contributed by atoms with Gasteiger partial charge in [-0.1, -0.05) is 29.8 Å². The number of aryl methyl sites for hydroxylation is 1. The smallest absolute Gasteiger partial charge is 0.142 e. The van der Waals surface area contributed by atoms with Crippen molar-refractivity contribution in [2.45, 2.75) is 6.92 Å². The van der Waals surface area contributed by atoms with Crippen molar-refractivity contribution in [2.75, 3.05) is 5.73 Å². The molecule has 0 unspecified atom stereocenters. The molecule has 2 rings (SSSR count). The highest BCUT2D eigenvalue weighted by atomic mass is 35.5. The third-order valence-corrected chi connectivity index (χ3v) is 2.42. The third kappa shape index (κ3) is 1.92. The van der Waals surface area contributed by atoms with Gasteiger partial charge in [0.15, 0.2) is 0 Å². The molecule has 3 nitrogen and oxygen atoms in total. The molecule has 1 aromatic carbocycles. The molecule has 1 heterocycles. The zero-order valence-electron chi connectivity index (χ0n) is 8.24. The Bertz CT molecular complexity index is 497. The fraction of sp³-hybridized carbons (Fsp3) is 0.0909. The molecule has 0 fully saturated rings. The van der Waals surface area contributed by atoms with E-state index in [-0.39, 0.29) is 0 Å². The van der Waals surface area contributed by atoms with Crippen molar-refractivity contribution in [3.63, 3.8) is 0 Å². The first-order valence-electron chi connectivity index (χ1n) is 4.52. The van der Waals surface area contributed by atoms with Crippen LogP contribution in [0.25, 0.3) is 11.3 Å². The SMILES string of the molecule is Cc1nc(N)cnc1-c1ccccc1Cl. The van der Waals surface area contributed by atoms with E-state index >= 15 is 0 Å². The number of nitrogens with zero attached hydrogens (tertiary/aromatic N) is 2. The van der Waals surface area contributed by atoms with Gasteiger partial charge in [-0.05, 0) is 13.0 Å². The molecular weight excluding hydrogens is 210 g/mol. The molecule has 0 aliphatic heterocycles. The van der Waals surface area contributed by atoms with Gasteiger partial charge in [0.05, 0.1) is 22.6 Å². The van der Waals surface area contributed by atoms with Crippen molar-refractivity contribution in [3.05, 3.63) is 41.2 Å². The van der Waals surface area contributed by atoms with Crippen molar-refractivity contribution < 1.29 is 0 Å². The summed E-state index contributed by atoms with van der Waals surface area (Å²) in [5.41, 5.74) is 7.97. The van der Waals surface area contributed by atoms with E-state index in [2.05, 4.69) is 9.97 Å². The molecule has 0 spiro atoms. The standard InChI is InChI=1S/C11H10ClN3/c1-7-11(14-6-10(13)15-7)8-4-2-3-5-9(8)12/h2-6H,1H3,(H2,13,15). The van der Waals surface area contributed by atoms with Crippen molar-refractivity contribution in [3.8, 4) is 11.3 Å². The van der Waals surface area contributed by atoms with E-state index in [1.54, 1.807) is 0 Å². The zero-order valence-corrected chi connectivity index (χ0v) is 8.99. The Kier molecular flexibility index (Phi) is 2.56. The van der Waals surface area contributed by atoms with Gasteiger partial charge in [0, 0.05) is 5.56 Å². The zero-order chi connectivity index (χ0) is 10.8. The van der Waals surface area contributed by atoms with Crippen LogP contribution in [-0.4, -0.2) is 9.97 Å². The van der Waals surface area contributed by atoms with Gasteiger partial charge >= 0.3 is 0 Å². The van der Waals surface area contributed by atoms with E-state index in [9.17, 15) is 0 Å². The third-order valence-electron chi connectivity index (χ3n) is 2.09. The van der Waals surface area contributed by atoms with Gasteiger partial charge in [-0.25, -0.2) is 4.98 Å². The van der Waals surface area contributed by atoms with Crippen LogP contribution in [0.15, 0.2) is 30.5 Å². The Morgan fingerprint density at radius 3 is 2.67 bits per heavy atom. The predicted molar refractivity (Wildman–Crippen MR) is 61.6 cm³/mol. The van der Waals surface area contributed by atoms with E-state index in [4.69, 9.17) is 17.3 Å². The molecule has 0 aliphatic rings. The molecule has 15 heavy (non-hydrogen) atoms. The maximum atomic E-state index is 6.07. The second-order valence-corrected chi connectivity index (χ2v) is 3.62. The number of nitrogens with two attached hydrogens (primary N) is 1. The van der Waals surface area contributed by atoms with Crippen LogP contribution in [0.1, 0.15) is 5.69 Å². The summed E-state index contributed by atoms with van der Waals surface area (Å²) in [7, 11) is 0. The molecule has 76 valence electrons. The maximum absolute atomic E-state index is 6.07. The molecule has 0 aliphatic carbocycles. The van der Waals surface area contributed by atoms with Gasteiger partial charge in [0.2, 0.25) is 0 Å². The van der Waals surface area contributed by atoms with Crippen LogP contribution in [-0.2, 0) is 0 Å². The highest BCUT2D eigenvalue weighted by molar-refractivity contribution is 6.33. The summed E-state index contributed by atoms with van der Waals surface area (Å²) in [5.74, 6) is 0.420. The Morgan fingerprint density at radius 1 is 1.27 bits per heavy atom. The highest BCUT2D eigenvalue weighted by Crippen LogP contribution is 2.27. The van der Waals surface area contributed by atoms with Crippen LogP contribution < -0.4 is 5.73 Å². The molecule has 0 saturated heterocycles. The second-order valence-electron chi connectivity index (χ2n) is 3.21. The van der Waals surface area contributed by atoms with E-state index in [1.165, 1.54) is 6.20 Å². The maximum Gasteiger partial charge on any atom is 0.142 e. The molecule has 0 bridgehead atoms. The summed E-state index contributed by atoms with van der Waals surface area (Å²) < 4.78 is 0. The summed E-state index contributed by atoms with van der Waals surface area (Å²) >= 11 is 6.07. The Hall–Kier alpha value is -1.61. The van der Waals surface area contributed by atoms with Crippen LogP contribution >= 0.6 is 11.6 Å². The number of hydrogen-bond acceptors (Lipinski definition) is 3. The summed E-state index contributed by atoms with van der Waals surface area (Å²) in [6.07, 6.45) is 1.53. The molecule has 0 atom stereocenters. The van der Waals surface area contributed by atoms with Crippen LogP contribution in [0, 0.1) is 6.92 Å². The average Bonchev–Trinajstić information content (AvgIpc) is 2.20. The molecule has 4 heteroatoms. The number of aromatic nitrogens is 2. The molecule has 2 aromatic rings. The van der Waals surface area contributed by atoms with Gasteiger partial charge in [-0.15, -0.1) is 0 Å². The van der Waals surface area contributed by atoms with Crippen molar-refractivity contribution in [1.82, 2.24) is 9.97 Å². The summed E-state index contributed by atoms with van der Waals surface area (Å²) in [4.78, 5) is 8.38. The van der Waals surface area contributed by atoms with E-state index in [1.807, 2.05) is 31.2 Å². The van der Waals surface area contributed by atoms with Gasteiger partial charge in [0.1, 0.15) is 5.82 Å². The molecule has 0 amide bonds. The lowest BCUT2D eigenvalue weighted by atomic mass is 10.1. The minimum atomic E-state index is 0.420. The topological polar surface area (TPSA) is 51.8 Å². The van der Waals surface area contributed by atoms with Crippen LogP contribution in [0.2, 0.25) is 5.02 Å². The largest absolute Gasteiger partial charge is 0.382 e. The number of halogens is 1. The summed E-state index contributed by atoms with van der Waals surface area (Å²) in [6.45, 7) is 1.86. The van der Waals surface area contributed by atoms with Gasteiger partial charge < -0.3 is 5.73 Å². The number of hydrogen-bond donors (Lipinski definition) is 1. The molecule has 1 aromatic heterocycles. The fourth-order valence-corrected chi connectivity index (χ4v) is 1.64. The van der Waals surface area contributed by atoms with E-state index < -0.39 is 0 Å². The van der Waals surface area contributed by atoms with Crippen LogP contribution in [0.4, 0.5) is 5.82 Å². The van der Waals surface area contributed by atoms with Gasteiger partial charge in [-0.3, -0.25) is 4.98 Å². The Balaban J connectivity index is 2.60. The Morgan fingerprint density at radius 2 is 2.00 bits per heavy atom. The van der Waals surface area contributed by atoms with E-state index in [0.29, 0.717) is 10.8 Å². The lowest BCUT2D eigenvalue weighted by Gasteiger charge is -2.06. The van der Waals surface area contributed by atoms with Gasteiger partial charge in [0.25, 0.3) is 0 Å². The van der Waals surface area contributed by atoms with Crippen LogP contribution in [0.3, 0.4) is 0 Å². The number of anilines is 1. The fourth-order valence-electron chi connectivity index (χ4n) is 1.42. The first kappa shape index (κ1) is 9.93. The lowest BCUT2D eigenvalue weighted by molar-refractivity contribution is 1.13. The van der Waals surface area contributed by atoms with Gasteiger partial charge in [-0.2, -0.15) is 0 Å². The molecule has 0 radical (unpaired) electrons. The van der Waals surface area contributed by atoms with Crippen LogP contribution in [0.5, 0.6) is 0 Å². The minimum Gasteiger partial charge on any atom is -0.382 e. The summed E-state index contributed by atoms with van der Waals surface area (Å²) in [6, 6.07) is 7.54. The number of rotatable bonds is 1. The molecular formula is C11H10ClN3. The number of benzene rings is 1. The highest BCUT2D eigenvalue weighted by Gasteiger charge is 2.08. The first-order chi connectivity index (χ1) is 7.18. The van der Waals surface area contributed by atoms with E-state index in [0.717, 1.165) is 17.0 Å². The number of nitrogen functional groups attached to an aromatic ring is 1. The molecule has 2 N–H and O–H groups in total. The lowest BCUT2D eigenvalue weighted by Crippen LogP contribution is -1.97. The minimum absolute atomic E-state index is 0.420. The summed E-state index contributed by atoms with van der Waals surface area (Å²) in [5, 5.41) is 0.666. The average molecular weight is 220 g/mol.